The van der Waals surface area contributed by atoms with E-state index in [1.54, 1.807) is 0 Å². The van der Waals surface area contributed by atoms with E-state index in [4.69, 9.17) is 0 Å². The van der Waals surface area contributed by atoms with Gasteiger partial charge in [-0.15, -0.1) is 0 Å². The first-order chi connectivity index (χ1) is 15.8. The molecule has 4 fully saturated rings. The molecule has 0 N–H and O–H groups in total. The average molecular weight is 443 g/mol. The number of alkyl halides is 3. The first kappa shape index (κ1) is 19.7. The van der Waals surface area contributed by atoms with E-state index in [2.05, 4.69) is 42.5 Å². The van der Waals surface area contributed by atoms with Gasteiger partial charge in [0.25, 0.3) is 0 Å². The molecule has 0 saturated heterocycles. The summed E-state index contributed by atoms with van der Waals surface area (Å²) in [5, 5.41) is 0. The van der Waals surface area contributed by atoms with Crippen molar-refractivity contribution in [2.24, 2.45) is 10.8 Å². The fraction of sp³-hybridized carbons (Fsp3) is 0.400. The lowest BCUT2D eigenvalue weighted by molar-refractivity contribution is -0.236. The number of hydrogen-bond donors (Lipinski definition) is 0. The maximum Gasteiger partial charge on any atom is 0.394 e. The molecule has 5 unspecified atom stereocenters. The molecule has 4 saturated carbocycles. The minimum atomic E-state index is -4.22. The highest BCUT2D eigenvalue weighted by Gasteiger charge is 2.90. The van der Waals surface area contributed by atoms with E-state index in [0.717, 1.165) is 36.0 Å². The van der Waals surface area contributed by atoms with Crippen LogP contribution in [0.4, 0.5) is 13.2 Å². The van der Waals surface area contributed by atoms with Crippen LogP contribution in [0.5, 0.6) is 0 Å². The van der Waals surface area contributed by atoms with Crippen molar-refractivity contribution >= 4 is 0 Å². The standard InChI is InChI=1S/C30H25F3/c31-30(32,33)26-16-25(22-10-4-1-5-11-22)17-27(23-12-6-2-7-13-23)21-28(19-26,29(27,18-25)20-26)24-14-8-3-9-15-24/h1,3-6,8-15H,16-21H2. The largest absolute Gasteiger partial charge is 0.394 e. The SMILES string of the molecule is FC(F)(F)C12CC3(c4ccccc4)CC4(c5cc#ccc5)CC(c5ccccc5)(C1)C4(C3)C2. The molecule has 0 aliphatic heterocycles. The molecular weight excluding hydrogens is 417 g/mol. The lowest BCUT2D eigenvalue weighted by atomic mass is 9.36. The van der Waals surface area contributed by atoms with E-state index < -0.39 is 27.8 Å². The van der Waals surface area contributed by atoms with Crippen LogP contribution in [0.15, 0.2) is 78.9 Å². The summed E-state index contributed by atoms with van der Waals surface area (Å²) in [4.78, 5) is 0. The Morgan fingerprint density at radius 3 is 1.91 bits per heavy atom. The number of hydrogen-bond acceptors (Lipinski definition) is 0. The average Bonchev–Trinajstić information content (AvgIpc) is 3.12. The van der Waals surface area contributed by atoms with Crippen LogP contribution in [0.1, 0.15) is 55.2 Å². The molecule has 3 aromatic rings. The summed E-state index contributed by atoms with van der Waals surface area (Å²) >= 11 is 0. The molecule has 0 aromatic heterocycles. The highest BCUT2D eigenvalue weighted by molar-refractivity contribution is 5.55. The van der Waals surface area contributed by atoms with Crippen molar-refractivity contribution in [1.29, 1.82) is 0 Å². The highest BCUT2D eigenvalue weighted by atomic mass is 19.4. The summed E-state index contributed by atoms with van der Waals surface area (Å²) in [6, 6.07) is 32.3. The number of rotatable bonds is 3. The molecular formula is C30H25F3. The van der Waals surface area contributed by atoms with Gasteiger partial charge in [-0.2, -0.15) is 13.2 Å². The third-order valence-corrected chi connectivity index (χ3v) is 10.2. The molecule has 0 nitrogen and oxygen atoms in total. The second kappa shape index (κ2) is 5.84. The summed E-state index contributed by atoms with van der Waals surface area (Å²) in [6.45, 7) is 0. The van der Waals surface area contributed by atoms with Crippen LogP contribution >= 0.6 is 0 Å². The Balaban J connectivity index is 1.53. The van der Waals surface area contributed by atoms with Crippen molar-refractivity contribution in [1.82, 2.24) is 0 Å². The normalized spacial score (nSPS) is 40.2. The molecule has 0 amide bonds. The smallest absolute Gasteiger partial charge is 0.171 e. The van der Waals surface area contributed by atoms with E-state index in [1.165, 1.54) is 0 Å². The molecule has 4 aliphatic rings. The predicted octanol–water partition coefficient (Wildman–Crippen LogP) is 7.33. The monoisotopic (exact) mass is 442 g/mol. The van der Waals surface area contributed by atoms with Crippen LogP contribution in [0.2, 0.25) is 0 Å². The summed E-state index contributed by atoms with van der Waals surface area (Å²) < 4.78 is 45.2. The van der Waals surface area contributed by atoms with Gasteiger partial charge in [-0.25, -0.2) is 0 Å². The van der Waals surface area contributed by atoms with Crippen molar-refractivity contribution in [2.45, 2.75) is 60.9 Å². The van der Waals surface area contributed by atoms with Crippen molar-refractivity contribution in [3.05, 3.63) is 108 Å². The second-order valence-corrected chi connectivity index (χ2v) is 11.3. The number of halogens is 3. The van der Waals surface area contributed by atoms with Crippen molar-refractivity contribution in [3.63, 3.8) is 0 Å². The predicted molar refractivity (Wildman–Crippen MR) is 121 cm³/mol. The minimum Gasteiger partial charge on any atom is -0.171 e. The van der Waals surface area contributed by atoms with E-state index in [9.17, 15) is 0 Å². The van der Waals surface area contributed by atoms with Gasteiger partial charge in [-0.05, 0) is 84.2 Å². The third-order valence-electron chi connectivity index (χ3n) is 10.2. The molecule has 0 heterocycles. The number of benzene rings is 2. The Hall–Kier alpha value is -2.73. The summed E-state index contributed by atoms with van der Waals surface area (Å²) in [5.41, 5.74) is 0.155. The summed E-state index contributed by atoms with van der Waals surface area (Å²) in [7, 11) is 0. The van der Waals surface area contributed by atoms with Gasteiger partial charge in [0.1, 0.15) is 0 Å². The maximum absolute atomic E-state index is 15.1. The Morgan fingerprint density at radius 2 is 1.27 bits per heavy atom. The molecule has 3 aromatic carbocycles. The molecule has 4 aliphatic carbocycles. The van der Waals surface area contributed by atoms with Crippen molar-refractivity contribution in [2.75, 3.05) is 0 Å². The summed E-state index contributed by atoms with van der Waals surface area (Å²) in [6.07, 6.45) is -1.16. The van der Waals surface area contributed by atoms with Gasteiger partial charge in [0.05, 0.1) is 5.41 Å². The van der Waals surface area contributed by atoms with Crippen LogP contribution in [0, 0.1) is 23.0 Å². The Kier molecular flexibility index (Phi) is 3.49. The Morgan fingerprint density at radius 1 is 0.606 bits per heavy atom. The van der Waals surface area contributed by atoms with Gasteiger partial charge in [-0.3, -0.25) is 0 Å². The van der Waals surface area contributed by atoms with Gasteiger partial charge >= 0.3 is 6.18 Å². The first-order valence-electron chi connectivity index (χ1n) is 11.9. The minimum absolute atomic E-state index is 0.203. The molecule has 3 bridgehead atoms. The molecule has 1 spiro atoms. The van der Waals surface area contributed by atoms with E-state index in [1.807, 2.05) is 48.5 Å². The Bertz CT molecular complexity index is 1220. The zero-order chi connectivity index (χ0) is 22.6. The first-order valence-corrected chi connectivity index (χ1v) is 11.9. The van der Waals surface area contributed by atoms with Crippen LogP contribution < -0.4 is 0 Å². The zero-order valence-corrected chi connectivity index (χ0v) is 18.4. The van der Waals surface area contributed by atoms with Crippen LogP contribution in [0.25, 0.3) is 0 Å². The van der Waals surface area contributed by atoms with E-state index in [0.29, 0.717) is 0 Å². The molecule has 166 valence electrons. The topological polar surface area (TPSA) is 0 Å². The second-order valence-electron chi connectivity index (χ2n) is 11.3. The molecule has 7 rings (SSSR count). The fourth-order valence-electron chi connectivity index (χ4n) is 9.50. The van der Waals surface area contributed by atoms with Gasteiger partial charge in [-0.1, -0.05) is 72.8 Å². The van der Waals surface area contributed by atoms with Crippen LogP contribution in [-0.4, -0.2) is 6.18 Å². The van der Waals surface area contributed by atoms with Crippen LogP contribution in [-0.2, 0) is 16.2 Å². The van der Waals surface area contributed by atoms with E-state index in [-0.39, 0.29) is 24.7 Å². The quantitative estimate of drug-likeness (QED) is 0.398. The van der Waals surface area contributed by atoms with Crippen molar-refractivity contribution in [3.8, 4) is 0 Å². The van der Waals surface area contributed by atoms with Gasteiger partial charge in [0, 0.05) is 10.8 Å². The molecule has 3 heteroatoms. The zero-order valence-electron chi connectivity index (χ0n) is 18.4. The highest BCUT2D eigenvalue weighted by Crippen LogP contribution is 2.92. The van der Waals surface area contributed by atoms with Gasteiger partial charge in [0.15, 0.2) is 0 Å². The lowest BCUT2D eigenvalue weighted by Crippen LogP contribution is -2.65. The third kappa shape index (κ3) is 2.08. The fourth-order valence-corrected chi connectivity index (χ4v) is 9.50. The molecule has 33 heavy (non-hydrogen) atoms. The molecule has 0 radical (unpaired) electrons. The number of fused-ring (bicyclic) bond motifs is 2. The molecule has 5 atom stereocenters. The Labute approximate surface area is 192 Å². The van der Waals surface area contributed by atoms with Crippen LogP contribution in [0.3, 0.4) is 0 Å². The van der Waals surface area contributed by atoms with Gasteiger partial charge in [0.2, 0.25) is 0 Å². The van der Waals surface area contributed by atoms with E-state index >= 15 is 13.2 Å². The summed E-state index contributed by atoms with van der Waals surface area (Å²) in [5.74, 6) is 0. The maximum atomic E-state index is 15.1. The van der Waals surface area contributed by atoms with Crippen molar-refractivity contribution < 1.29 is 13.2 Å². The lowest BCUT2D eigenvalue weighted by Gasteiger charge is -2.67. The van der Waals surface area contributed by atoms with Gasteiger partial charge < -0.3 is 0 Å².